The Kier molecular flexibility index (Phi) is 2.90. The molecule has 0 spiro atoms. The fourth-order valence-electron chi connectivity index (χ4n) is 0.582. The van der Waals surface area contributed by atoms with Crippen molar-refractivity contribution in [2.75, 3.05) is 0 Å². The van der Waals surface area contributed by atoms with Gasteiger partial charge in [-0.15, -0.1) is 11.3 Å². The predicted octanol–water partition coefficient (Wildman–Crippen LogP) is 3.41. The highest BCUT2D eigenvalue weighted by Crippen LogP contribution is 2.35. The molecule has 0 aliphatic heterocycles. The number of rotatable bonds is 1. The summed E-state index contributed by atoms with van der Waals surface area (Å²) in [5.74, 6) is 0. The summed E-state index contributed by atoms with van der Waals surface area (Å²) in [7, 11) is 0. The number of alkyl halides is 2. The molecule has 0 aliphatic rings. The second-order valence-corrected chi connectivity index (χ2v) is 5.62. The van der Waals surface area contributed by atoms with Crippen molar-refractivity contribution in [3.05, 3.63) is 21.9 Å². The van der Waals surface area contributed by atoms with Gasteiger partial charge in [-0.25, -0.2) is 0 Å². The zero-order valence-electron chi connectivity index (χ0n) is 4.84. The molecule has 0 aliphatic carbocycles. The second-order valence-electron chi connectivity index (χ2n) is 1.61. The smallest absolute Gasteiger partial charge is 0.105 e. The molecule has 1 aromatic rings. The first-order valence-electron chi connectivity index (χ1n) is 2.51. The van der Waals surface area contributed by atoms with Gasteiger partial charge in [-0.2, -0.15) is 5.26 Å². The van der Waals surface area contributed by atoms with Crippen molar-refractivity contribution in [2.45, 2.75) is 3.74 Å². The standard InChI is InChI=1S/C6H3Br2NS/c7-6(8)5-4(3-9)1-2-10-5/h1-2,6H. The van der Waals surface area contributed by atoms with Crippen LogP contribution in [0.4, 0.5) is 0 Å². The summed E-state index contributed by atoms with van der Waals surface area (Å²) >= 11 is 8.22. The monoisotopic (exact) mass is 279 g/mol. The van der Waals surface area contributed by atoms with Gasteiger partial charge in [-0.3, -0.25) is 0 Å². The summed E-state index contributed by atoms with van der Waals surface area (Å²) in [6.45, 7) is 0. The maximum Gasteiger partial charge on any atom is 0.105 e. The molecule has 0 N–H and O–H groups in total. The summed E-state index contributed by atoms with van der Waals surface area (Å²) < 4.78 is 0.106. The van der Waals surface area contributed by atoms with E-state index in [0.29, 0.717) is 0 Å². The lowest BCUT2D eigenvalue weighted by Gasteiger charge is -1.94. The van der Waals surface area contributed by atoms with E-state index in [4.69, 9.17) is 5.26 Å². The van der Waals surface area contributed by atoms with Crippen molar-refractivity contribution in [1.29, 1.82) is 5.26 Å². The van der Waals surface area contributed by atoms with Gasteiger partial charge in [-0.1, -0.05) is 31.9 Å². The average molecular weight is 281 g/mol. The molecule has 0 bridgehead atoms. The first-order chi connectivity index (χ1) is 4.75. The Morgan fingerprint density at radius 3 is 2.70 bits per heavy atom. The highest BCUT2D eigenvalue weighted by atomic mass is 79.9. The van der Waals surface area contributed by atoms with Crippen LogP contribution in [0.15, 0.2) is 11.4 Å². The van der Waals surface area contributed by atoms with E-state index in [-0.39, 0.29) is 3.74 Å². The summed E-state index contributed by atoms with van der Waals surface area (Å²) in [6, 6.07) is 3.92. The van der Waals surface area contributed by atoms with E-state index in [1.54, 1.807) is 11.3 Å². The molecule has 0 saturated carbocycles. The normalized spacial score (nSPS) is 9.80. The zero-order valence-corrected chi connectivity index (χ0v) is 8.83. The average Bonchev–Trinajstić information content (AvgIpc) is 2.33. The molecule has 0 amide bonds. The molecular weight excluding hydrogens is 278 g/mol. The van der Waals surface area contributed by atoms with Gasteiger partial charge in [0.2, 0.25) is 0 Å². The van der Waals surface area contributed by atoms with Crippen LogP contribution >= 0.6 is 43.2 Å². The molecule has 4 heteroatoms. The van der Waals surface area contributed by atoms with Gasteiger partial charge in [0.15, 0.2) is 0 Å². The van der Waals surface area contributed by atoms with Crippen LogP contribution in [0.25, 0.3) is 0 Å². The van der Waals surface area contributed by atoms with Gasteiger partial charge in [0.05, 0.1) is 5.56 Å². The molecule has 0 radical (unpaired) electrons. The molecule has 0 atom stereocenters. The molecule has 0 unspecified atom stereocenters. The molecule has 10 heavy (non-hydrogen) atoms. The van der Waals surface area contributed by atoms with Crippen LogP contribution in [-0.4, -0.2) is 0 Å². The molecule has 1 aromatic heterocycles. The second kappa shape index (κ2) is 3.51. The number of hydrogen-bond acceptors (Lipinski definition) is 2. The number of nitriles is 1. The third-order valence-electron chi connectivity index (χ3n) is 1.01. The van der Waals surface area contributed by atoms with E-state index in [0.717, 1.165) is 10.4 Å². The maximum atomic E-state index is 8.57. The van der Waals surface area contributed by atoms with Crippen molar-refractivity contribution in [1.82, 2.24) is 0 Å². The highest BCUT2D eigenvalue weighted by molar-refractivity contribution is 9.24. The SMILES string of the molecule is N#Cc1ccsc1C(Br)Br. The minimum atomic E-state index is 0.106. The van der Waals surface area contributed by atoms with E-state index >= 15 is 0 Å². The molecule has 0 saturated heterocycles. The molecule has 1 rings (SSSR count). The minimum absolute atomic E-state index is 0.106. The topological polar surface area (TPSA) is 23.8 Å². The van der Waals surface area contributed by atoms with Crippen LogP contribution in [0.5, 0.6) is 0 Å². The Morgan fingerprint density at radius 1 is 1.60 bits per heavy atom. The van der Waals surface area contributed by atoms with Crippen LogP contribution in [0.3, 0.4) is 0 Å². The van der Waals surface area contributed by atoms with E-state index in [1.807, 2.05) is 11.4 Å². The van der Waals surface area contributed by atoms with Crippen LogP contribution in [0, 0.1) is 11.3 Å². The maximum absolute atomic E-state index is 8.57. The lowest BCUT2D eigenvalue weighted by atomic mass is 10.3. The fraction of sp³-hybridized carbons (Fsp3) is 0.167. The molecule has 0 fully saturated rings. The Bertz CT molecular complexity index is 261. The fourth-order valence-corrected chi connectivity index (χ4v) is 2.42. The number of hydrogen-bond donors (Lipinski definition) is 0. The third kappa shape index (κ3) is 1.60. The van der Waals surface area contributed by atoms with E-state index < -0.39 is 0 Å². The van der Waals surface area contributed by atoms with E-state index in [2.05, 4.69) is 37.9 Å². The Labute approximate surface area is 79.9 Å². The van der Waals surface area contributed by atoms with Gasteiger partial charge >= 0.3 is 0 Å². The molecule has 52 valence electrons. The quantitative estimate of drug-likeness (QED) is 0.724. The Morgan fingerprint density at radius 2 is 2.30 bits per heavy atom. The van der Waals surface area contributed by atoms with Crippen LogP contribution in [0.2, 0.25) is 0 Å². The van der Waals surface area contributed by atoms with Gasteiger partial charge in [0, 0.05) is 4.88 Å². The van der Waals surface area contributed by atoms with Gasteiger partial charge in [-0.05, 0) is 11.4 Å². The van der Waals surface area contributed by atoms with Crippen LogP contribution in [0.1, 0.15) is 14.2 Å². The first kappa shape index (κ1) is 8.25. The predicted molar refractivity (Wildman–Crippen MR) is 49.6 cm³/mol. The van der Waals surface area contributed by atoms with Gasteiger partial charge < -0.3 is 0 Å². The molecule has 0 aromatic carbocycles. The van der Waals surface area contributed by atoms with Crippen LogP contribution in [-0.2, 0) is 0 Å². The van der Waals surface area contributed by atoms with Gasteiger partial charge in [0.25, 0.3) is 0 Å². The molecule has 1 nitrogen and oxygen atoms in total. The lowest BCUT2D eigenvalue weighted by Crippen LogP contribution is -1.76. The summed E-state index contributed by atoms with van der Waals surface area (Å²) in [5.41, 5.74) is 0.740. The summed E-state index contributed by atoms with van der Waals surface area (Å²) in [4.78, 5) is 1.03. The van der Waals surface area contributed by atoms with Crippen molar-refractivity contribution >= 4 is 43.2 Å². The summed E-state index contributed by atoms with van der Waals surface area (Å²) in [5, 5.41) is 10.5. The van der Waals surface area contributed by atoms with Crippen molar-refractivity contribution in [3.63, 3.8) is 0 Å². The minimum Gasteiger partial charge on any atom is -0.192 e. The first-order valence-corrected chi connectivity index (χ1v) is 5.22. The number of nitrogens with zero attached hydrogens (tertiary/aromatic N) is 1. The molecule has 1 heterocycles. The Hall–Kier alpha value is 0.150. The van der Waals surface area contributed by atoms with Crippen LogP contribution < -0.4 is 0 Å². The zero-order chi connectivity index (χ0) is 7.56. The van der Waals surface area contributed by atoms with Gasteiger partial charge in [0.1, 0.15) is 9.81 Å². The largest absolute Gasteiger partial charge is 0.192 e. The highest BCUT2D eigenvalue weighted by Gasteiger charge is 2.08. The van der Waals surface area contributed by atoms with E-state index in [9.17, 15) is 0 Å². The van der Waals surface area contributed by atoms with Crippen molar-refractivity contribution in [2.24, 2.45) is 0 Å². The molecular formula is C6H3Br2NS. The van der Waals surface area contributed by atoms with Crippen molar-refractivity contribution < 1.29 is 0 Å². The van der Waals surface area contributed by atoms with E-state index in [1.165, 1.54) is 0 Å². The third-order valence-corrected chi connectivity index (χ3v) is 3.52. The lowest BCUT2D eigenvalue weighted by molar-refractivity contribution is 1.45. The number of halogens is 2. The number of thiophene rings is 1. The Balaban J connectivity index is 3.05. The van der Waals surface area contributed by atoms with Crippen molar-refractivity contribution in [3.8, 4) is 6.07 Å². The summed E-state index contributed by atoms with van der Waals surface area (Å²) in [6.07, 6.45) is 0.